The maximum absolute atomic E-state index is 4.41. The van der Waals surface area contributed by atoms with Gasteiger partial charge in [0.2, 0.25) is 0 Å². The Kier molecular flexibility index (Phi) is 4.40. The molecule has 4 nitrogen and oxygen atoms in total. The van der Waals surface area contributed by atoms with E-state index in [1.54, 1.807) is 17.7 Å². The van der Waals surface area contributed by atoms with E-state index in [1.807, 2.05) is 0 Å². The summed E-state index contributed by atoms with van der Waals surface area (Å²) in [5.41, 5.74) is 0. The lowest BCUT2D eigenvalue weighted by Gasteiger charge is -2.36. The van der Waals surface area contributed by atoms with Gasteiger partial charge in [0, 0.05) is 25.7 Å². The van der Waals surface area contributed by atoms with Gasteiger partial charge in [-0.1, -0.05) is 13.8 Å². The van der Waals surface area contributed by atoms with Crippen LogP contribution in [0.3, 0.4) is 0 Å². The first-order chi connectivity index (χ1) is 10.1. The average molecular weight is 304 g/mol. The first kappa shape index (κ1) is 14.7. The van der Waals surface area contributed by atoms with E-state index < -0.39 is 0 Å². The predicted molar refractivity (Wildman–Crippen MR) is 89.9 cm³/mol. The molecule has 0 aliphatic carbocycles. The number of likely N-dealkylation sites (tertiary alicyclic amines) is 1. The number of nitrogens with zero attached hydrogens (tertiary/aromatic N) is 3. The average Bonchev–Trinajstić information content (AvgIpc) is 2.86. The molecule has 1 fully saturated rings. The van der Waals surface area contributed by atoms with Crippen LogP contribution in [-0.2, 0) is 0 Å². The SMILES string of the molecule is C[C@@H]1C[C@@H](C)CN(C[C@H](C)Nc2ncnc3sccc23)C1. The van der Waals surface area contributed by atoms with Gasteiger partial charge in [-0.25, -0.2) is 9.97 Å². The van der Waals surface area contributed by atoms with Gasteiger partial charge in [0.05, 0.1) is 5.39 Å². The number of thiophene rings is 1. The first-order valence-corrected chi connectivity index (χ1v) is 8.67. The van der Waals surface area contributed by atoms with Gasteiger partial charge < -0.3 is 10.2 Å². The van der Waals surface area contributed by atoms with Crippen LogP contribution < -0.4 is 5.32 Å². The molecule has 1 N–H and O–H groups in total. The number of hydrogen-bond acceptors (Lipinski definition) is 5. The van der Waals surface area contributed by atoms with Crippen LogP contribution in [-0.4, -0.2) is 40.5 Å². The van der Waals surface area contributed by atoms with Crippen molar-refractivity contribution in [1.82, 2.24) is 14.9 Å². The van der Waals surface area contributed by atoms with E-state index in [0.29, 0.717) is 6.04 Å². The highest BCUT2D eigenvalue weighted by atomic mass is 32.1. The number of nitrogens with one attached hydrogen (secondary N) is 1. The minimum atomic E-state index is 0.389. The zero-order valence-corrected chi connectivity index (χ0v) is 13.9. The van der Waals surface area contributed by atoms with Crippen molar-refractivity contribution in [2.75, 3.05) is 25.0 Å². The monoisotopic (exact) mass is 304 g/mol. The van der Waals surface area contributed by atoms with Crippen LogP contribution >= 0.6 is 11.3 Å². The van der Waals surface area contributed by atoms with Gasteiger partial charge in [-0.15, -0.1) is 11.3 Å². The summed E-state index contributed by atoms with van der Waals surface area (Å²) in [4.78, 5) is 12.4. The van der Waals surface area contributed by atoms with E-state index in [9.17, 15) is 0 Å². The van der Waals surface area contributed by atoms with Crippen molar-refractivity contribution in [3.05, 3.63) is 17.8 Å². The lowest BCUT2D eigenvalue weighted by atomic mass is 9.92. The molecule has 0 bridgehead atoms. The third kappa shape index (κ3) is 3.52. The van der Waals surface area contributed by atoms with Crippen LogP contribution in [0, 0.1) is 11.8 Å². The van der Waals surface area contributed by atoms with Crippen molar-refractivity contribution >= 4 is 27.4 Å². The Bertz CT molecular complexity index is 587. The molecule has 0 amide bonds. The molecule has 0 spiro atoms. The molecule has 0 aromatic carbocycles. The molecular formula is C16H24N4S. The second kappa shape index (κ2) is 6.28. The highest BCUT2D eigenvalue weighted by molar-refractivity contribution is 7.16. The van der Waals surface area contributed by atoms with Crippen molar-refractivity contribution in [1.29, 1.82) is 0 Å². The van der Waals surface area contributed by atoms with Gasteiger partial charge in [0.25, 0.3) is 0 Å². The van der Waals surface area contributed by atoms with Gasteiger partial charge >= 0.3 is 0 Å². The van der Waals surface area contributed by atoms with Crippen LogP contribution in [0.25, 0.3) is 10.2 Å². The Morgan fingerprint density at radius 3 is 2.86 bits per heavy atom. The van der Waals surface area contributed by atoms with Gasteiger partial charge in [0.1, 0.15) is 17.0 Å². The highest BCUT2D eigenvalue weighted by Gasteiger charge is 2.23. The number of fused-ring (bicyclic) bond motifs is 1. The van der Waals surface area contributed by atoms with E-state index >= 15 is 0 Å². The molecule has 3 atom stereocenters. The second-order valence-corrected chi connectivity index (χ2v) is 7.47. The van der Waals surface area contributed by atoms with Crippen molar-refractivity contribution in [2.24, 2.45) is 11.8 Å². The standard InChI is InChI=1S/C16H24N4S/c1-11-6-12(2)8-20(7-11)9-13(3)19-15-14-4-5-21-16(14)18-10-17-15/h4-5,10-13H,6-9H2,1-3H3,(H,17,18,19)/t11-,12-,13+/m1/s1. The molecule has 0 saturated carbocycles. The Morgan fingerprint density at radius 1 is 1.33 bits per heavy atom. The van der Waals surface area contributed by atoms with E-state index in [1.165, 1.54) is 19.5 Å². The van der Waals surface area contributed by atoms with Crippen LogP contribution in [0.2, 0.25) is 0 Å². The van der Waals surface area contributed by atoms with E-state index in [0.717, 1.165) is 34.4 Å². The minimum Gasteiger partial charge on any atom is -0.366 e. The zero-order chi connectivity index (χ0) is 14.8. The topological polar surface area (TPSA) is 41.0 Å². The summed E-state index contributed by atoms with van der Waals surface area (Å²) in [6.07, 6.45) is 3.01. The fraction of sp³-hybridized carbons (Fsp3) is 0.625. The quantitative estimate of drug-likeness (QED) is 0.939. The van der Waals surface area contributed by atoms with Gasteiger partial charge in [-0.05, 0) is 36.6 Å². The normalized spacial score (nSPS) is 25.1. The molecule has 3 heterocycles. The maximum atomic E-state index is 4.41. The molecule has 1 aliphatic rings. The van der Waals surface area contributed by atoms with Crippen LogP contribution in [0.1, 0.15) is 27.2 Å². The zero-order valence-electron chi connectivity index (χ0n) is 13.0. The summed E-state index contributed by atoms with van der Waals surface area (Å²) in [7, 11) is 0. The maximum Gasteiger partial charge on any atom is 0.138 e. The number of hydrogen-bond donors (Lipinski definition) is 1. The molecule has 5 heteroatoms. The number of piperidine rings is 1. The van der Waals surface area contributed by atoms with Crippen LogP contribution in [0.5, 0.6) is 0 Å². The van der Waals surface area contributed by atoms with Gasteiger partial charge in [0.15, 0.2) is 0 Å². The number of aromatic nitrogens is 2. The lowest BCUT2D eigenvalue weighted by Crippen LogP contribution is -2.43. The van der Waals surface area contributed by atoms with Gasteiger partial charge in [-0.3, -0.25) is 0 Å². The third-order valence-electron chi connectivity index (χ3n) is 4.12. The van der Waals surface area contributed by atoms with Crippen molar-refractivity contribution in [3.8, 4) is 0 Å². The molecule has 0 unspecified atom stereocenters. The third-order valence-corrected chi connectivity index (χ3v) is 4.94. The van der Waals surface area contributed by atoms with Crippen LogP contribution in [0.4, 0.5) is 5.82 Å². The lowest BCUT2D eigenvalue weighted by molar-refractivity contribution is 0.138. The fourth-order valence-corrected chi connectivity index (χ4v) is 4.25. The molecule has 2 aromatic rings. The first-order valence-electron chi connectivity index (χ1n) is 7.79. The van der Waals surface area contributed by atoms with Crippen molar-refractivity contribution < 1.29 is 0 Å². The van der Waals surface area contributed by atoms with Crippen LogP contribution in [0.15, 0.2) is 17.8 Å². The molecule has 3 rings (SSSR count). The Balaban J connectivity index is 1.63. The number of rotatable bonds is 4. The highest BCUT2D eigenvalue weighted by Crippen LogP contribution is 2.25. The van der Waals surface area contributed by atoms with E-state index in [-0.39, 0.29) is 0 Å². The molecule has 2 aromatic heterocycles. The van der Waals surface area contributed by atoms with E-state index in [4.69, 9.17) is 0 Å². The molecular weight excluding hydrogens is 280 g/mol. The largest absolute Gasteiger partial charge is 0.366 e. The van der Waals surface area contributed by atoms with E-state index in [2.05, 4.69) is 52.4 Å². The second-order valence-electron chi connectivity index (χ2n) is 6.57. The molecule has 0 radical (unpaired) electrons. The van der Waals surface area contributed by atoms with Crippen molar-refractivity contribution in [3.63, 3.8) is 0 Å². The summed E-state index contributed by atoms with van der Waals surface area (Å²) in [6, 6.07) is 2.49. The summed E-state index contributed by atoms with van der Waals surface area (Å²) >= 11 is 1.66. The minimum absolute atomic E-state index is 0.389. The fourth-order valence-electron chi connectivity index (χ4n) is 3.51. The molecule has 1 aliphatic heterocycles. The smallest absolute Gasteiger partial charge is 0.138 e. The van der Waals surface area contributed by atoms with Crippen molar-refractivity contribution in [2.45, 2.75) is 33.2 Å². The Morgan fingerprint density at radius 2 is 2.10 bits per heavy atom. The van der Waals surface area contributed by atoms with Gasteiger partial charge in [-0.2, -0.15) is 0 Å². The summed E-state index contributed by atoms with van der Waals surface area (Å²) in [5, 5.41) is 6.77. The molecule has 21 heavy (non-hydrogen) atoms. The summed E-state index contributed by atoms with van der Waals surface area (Å²) in [5.74, 6) is 2.58. The number of anilines is 1. The molecule has 1 saturated heterocycles. The Labute approximate surface area is 130 Å². The molecule has 114 valence electrons. The Hall–Kier alpha value is -1.20. The summed E-state index contributed by atoms with van der Waals surface area (Å²) in [6.45, 7) is 10.5. The predicted octanol–water partition coefficient (Wildman–Crippen LogP) is 3.47. The summed E-state index contributed by atoms with van der Waals surface area (Å²) < 4.78 is 0.